The van der Waals surface area contributed by atoms with Crippen molar-refractivity contribution in [3.8, 4) is 11.5 Å². The largest absolute Gasteiger partial charge is 0.467 e. The van der Waals surface area contributed by atoms with Gasteiger partial charge in [0.2, 0.25) is 0 Å². The Balaban J connectivity index is 1.17. The van der Waals surface area contributed by atoms with Gasteiger partial charge < -0.3 is 33.3 Å². The molecular weight excluding hydrogens is 462 g/mol. The first-order chi connectivity index (χ1) is 17.3. The lowest BCUT2D eigenvalue weighted by molar-refractivity contribution is -0.159. The van der Waals surface area contributed by atoms with E-state index in [0.717, 1.165) is 59.7 Å². The topological polar surface area (TPSA) is 75.7 Å². The van der Waals surface area contributed by atoms with Crippen LogP contribution in [0.4, 0.5) is 4.79 Å². The van der Waals surface area contributed by atoms with Gasteiger partial charge in [-0.05, 0) is 69.0 Å². The zero-order valence-electron chi connectivity index (χ0n) is 21.1. The highest BCUT2D eigenvalue weighted by molar-refractivity contribution is 5.69. The minimum absolute atomic E-state index is 0.114. The highest BCUT2D eigenvalue weighted by atomic mass is 16.7. The zero-order valence-corrected chi connectivity index (χ0v) is 21.1. The summed E-state index contributed by atoms with van der Waals surface area (Å²) in [5, 5.41) is 0. The van der Waals surface area contributed by atoms with E-state index in [-0.39, 0.29) is 37.3 Å². The van der Waals surface area contributed by atoms with Crippen molar-refractivity contribution < 1.29 is 33.2 Å². The number of likely N-dealkylation sites (tertiary alicyclic amines) is 1. The van der Waals surface area contributed by atoms with Gasteiger partial charge in [-0.15, -0.1) is 0 Å². The van der Waals surface area contributed by atoms with Crippen LogP contribution in [0.5, 0.6) is 11.5 Å². The predicted molar refractivity (Wildman–Crippen MR) is 130 cm³/mol. The van der Waals surface area contributed by atoms with Crippen LogP contribution >= 0.6 is 0 Å². The highest BCUT2D eigenvalue weighted by Crippen LogP contribution is 2.51. The highest BCUT2D eigenvalue weighted by Gasteiger charge is 2.55. The van der Waals surface area contributed by atoms with Gasteiger partial charge in [0.25, 0.3) is 0 Å². The summed E-state index contributed by atoms with van der Waals surface area (Å²) in [5.74, 6) is 1.71. The van der Waals surface area contributed by atoms with Crippen molar-refractivity contribution in [1.29, 1.82) is 0 Å². The predicted octanol–water partition coefficient (Wildman–Crippen LogP) is 4.93. The molecule has 0 aromatic heterocycles. The number of carbonyl (C=O) groups is 1. The number of amides is 1. The molecule has 0 atom stereocenters. The number of carbonyl (C=O) groups excluding carboxylic acids is 1. The maximum absolute atomic E-state index is 12.4. The Bertz CT molecular complexity index is 1080. The Morgan fingerprint density at radius 3 is 2.03 bits per heavy atom. The van der Waals surface area contributed by atoms with Crippen molar-refractivity contribution in [2.75, 3.05) is 26.7 Å². The number of hydrogen-bond acceptors (Lipinski definition) is 7. The van der Waals surface area contributed by atoms with Crippen molar-refractivity contribution in [2.24, 2.45) is 5.41 Å². The fourth-order valence-electron chi connectivity index (χ4n) is 5.57. The van der Waals surface area contributed by atoms with Crippen LogP contribution in [-0.4, -0.2) is 49.4 Å². The van der Waals surface area contributed by atoms with Gasteiger partial charge in [-0.1, -0.05) is 12.1 Å². The van der Waals surface area contributed by atoms with Gasteiger partial charge in [-0.2, -0.15) is 0 Å². The zero-order chi connectivity index (χ0) is 24.9. The minimum atomic E-state index is -0.478. The number of fused-ring (bicyclic) bond motifs is 2. The molecule has 0 bridgehead atoms. The fourth-order valence-corrected chi connectivity index (χ4v) is 5.57. The summed E-state index contributed by atoms with van der Waals surface area (Å²) in [6.07, 6.45) is 1.50. The molecule has 1 saturated carbocycles. The monoisotopic (exact) mass is 495 g/mol. The summed E-state index contributed by atoms with van der Waals surface area (Å²) in [7, 11) is 0. The molecule has 1 amide bonds. The van der Waals surface area contributed by atoms with Crippen LogP contribution in [0.3, 0.4) is 0 Å². The van der Waals surface area contributed by atoms with Gasteiger partial charge in [0.1, 0.15) is 23.2 Å². The van der Waals surface area contributed by atoms with Crippen LogP contribution in [0, 0.1) is 5.41 Å². The fraction of sp³-hybridized carbons (Fsp3) is 0.536. The molecule has 2 fully saturated rings. The lowest BCUT2D eigenvalue weighted by atomic mass is 9.62. The maximum Gasteiger partial charge on any atom is 0.410 e. The third-order valence-corrected chi connectivity index (χ3v) is 7.24. The van der Waals surface area contributed by atoms with Gasteiger partial charge in [-0.3, -0.25) is 0 Å². The molecule has 1 spiro atoms. The Kier molecular flexibility index (Phi) is 5.85. The van der Waals surface area contributed by atoms with E-state index >= 15 is 0 Å². The van der Waals surface area contributed by atoms with E-state index in [1.807, 2.05) is 32.9 Å². The standard InChI is InChI=1S/C28H33NO7/c1-27(2,3)36-26(30)29-14-28(15-29)10-22(11-28)35-25(18-4-6-23-20(8-18)12-31-16-33-23)19-5-7-24-21(9-19)13-32-17-34-24/h4-9,22,25H,10-17H2,1-3H3. The Hall–Kier alpha value is -2.81. The lowest BCUT2D eigenvalue weighted by Crippen LogP contribution is -2.65. The molecule has 2 aromatic carbocycles. The van der Waals surface area contributed by atoms with Crippen molar-refractivity contribution in [1.82, 2.24) is 4.90 Å². The van der Waals surface area contributed by atoms with E-state index in [4.69, 9.17) is 28.4 Å². The molecule has 36 heavy (non-hydrogen) atoms. The van der Waals surface area contributed by atoms with Gasteiger partial charge in [0.15, 0.2) is 13.6 Å². The molecule has 8 nitrogen and oxygen atoms in total. The van der Waals surface area contributed by atoms with Crippen molar-refractivity contribution in [3.63, 3.8) is 0 Å². The van der Waals surface area contributed by atoms with Gasteiger partial charge in [-0.25, -0.2) is 4.79 Å². The summed E-state index contributed by atoms with van der Waals surface area (Å²) in [4.78, 5) is 14.2. The second-order valence-electron chi connectivity index (χ2n) is 11.3. The average Bonchev–Trinajstić information content (AvgIpc) is 2.80. The molecule has 1 aliphatic carbocycles. The van der Waals surface area contributed by atoms with Crippen LogP contribution in [-0.2, 0) is 32.2 Å². The molecular formula is C28H33NO7. The van der Waals surface area contributed by atoms with E-state index in [9.17, 15) is 4.79 Å². The molecule has 192 valence electrons. The van der Waals surface area contributed by atoms with E-state index in [1.165, 1.54) is 0 Å². The van der Waals surface area contributed by atoms with Gasteiger partial charge >= 0.3 is 6.09 Å². The molecule has 6 rings (SSSR count). The van der Waals surface area contributed by atoms with E-state index in [2.05, 4.69) is 24.3 Å². The molecule has 2 aromatic rings. The van der Waals surface area contributed by atoms with Gasteiger partial charge in [0.05, 0.1) is 19.3 Å². The summed E-state index contributed by atoms with van der Waals surface area (Å²) >= 11 is 0. The Morgan fingerprint density at radius 2 is 1.50 bits per heavy atom. The average molecular weight is 496 g/mol. The molecule has 1 saturated heterocycles. The number of rotatable bonds is 4. The number of benzene rings is 2. The van der Waals surface area contributed by atoms with Gasteiger partial charge in [0, 0.05) is 29.6 Å². The third-order valence-electron chi connectivity index (χ3n) is 7.24. The maximum atomic E-state index is 12.4. The van der Waals surface area contributed by atoms with Crippen molar-refractivity contribution in [2.45, 2.75) is 64.6 Å². The van der Waals surface area contributed by atoms with Crippen LogP contribution in [0.2, 0.25) is 0 Å². The smallest absolute Gasteiger partial charge is 0.410 e. The third kappa shape index (κ3) is 4.65. The quantitative estimate of drug-likeness (QED) is 0.596. The van der Waals surface area contributed by atoms with E-state index in [0.29, 0.717) is 13.2 Å². The van der Waals surface area contributed by atoms with Crippen LogP contribution < -0.4 is 9.47 Å². The van der Waals surface area contributed by atoms with Crippen LogP contribution in [0.1, 0.15) is 62.0 Å². The first-order valence-electron chi connectivity index (χ1n) is 12.6. The Labute approximate surface area is 211 Å². The molecule has 4 aliphatic rings. The second kappa shape index (κ2) is 8.94. The Morgan fingerprint density at radius 1 is 0.944 bits per heavy atom. The number of ether oxygens (including phenoxy) is 6. The minimum Gasteiger partial charge on any atom is -0.467 e. The molecule has 3 heterocycles. The molecule has 0 unspecified atom stereocenters. The van der Waals surface area contributed by atoms with Crippen LogP contribution in [0.25, 0.3) is 0 Å². The molecule has 0 radical (unpaired) electrons. The normalized spacial score (nSPS) is 20.5. The molecule has 3 aliphatic heterocycles. The molecule has 8 heteroatoms. The second-order valence-corrected chi connectivity index (χ2v) is 11.3. The van der Waals surface area contributed by atoms with E-state index in [1.54, 1.807) is 4.90 Å². The number of hydrogen-bond donors (Lipinski definition) is 0. The summed E-state index contributed by atoms with van der Waals surface area (Å²) in [6, 6.07) is 12.4. The first kappa shape index (κ1) is 23.6. The molecule has 0 N–H and O–H groups in total. The lowest BCUT2D eigenvalue weighted by Gasteiger charge is -2.58. The first-order valence-corrected chi connectivity index (χ1v) is 12.6. The summed E-state index contributed by atoms with van der Waals surface area (Å²) < 4.78 is 34.5. The SMILES string of the molecule is CC(C)(C)OC(=O)N1CC2(CC(OC(c3ccc4c(c3)COCO4)c3ccc4c(c3)COCO4)C2)C1. The summed E-state index contributed by atoms with van der Waals surface area (Å²) in [6.45, 7) is 8.75. The van der Waals surface area contributed by atoms with Crippen molar-refractivity contribution >= 4 is 6.09 Å². The van der Waals surface area contributed by atoms with Crippen molar-refractivity contribution in [3.05, 3.63) is 58.7 Å². The van der Waals surface area contributed by atoms with E-state index < -0.39 is 5.60 Å². The summed E-state index contributed by atoms with van der Waals surface area (Å²) in [5.41, 5.74) is 3.83. The van der Waals surface area contributed by atoms with Crippen LogP contribution in [0.15, 0.2) is 36.4 Å². The number of nitrogens with zero attached hydrogens (tertiary/aromatic N) is 1.